The molecule has 1 aromatic carbocycles. The number of carbonyl (C=O) groups excluding carboxylic acids is 2. The molecule has 1 aliphatic carbocycles. The van der Waals surface area contributed by atoms with E-state index in [0.717, 1.165) is 12.0 Å². The highest BCUT2D eigenvalue weighted by atomic mass is 16.6. The second kappa shape index (κ2) is 6.48. The molecule has 0 spiro atoms. The molecule has 0 aromatic heterocycles. The van der Waals surface area contributed by atoms with Gasteiger partial charge in [-0.25, -0.2) is 9.59 Å². The fourth-order valence-corrected chi connectivity index (χ4v) is 2.41. The Morgan fingerprint density at radius 3 is 2.48 bits per heavy atom. The molecule has 0 bridgehead atoms. The lowest BCUT2D eigenvalue weighted by Gasteiger charge is -2.19. The molecule has 1 aliphatic rings. The summed E-state index contributed by atoms with van der Waals surface area (Å²) in [5, 5.41) is 2.84. The van der Waals surface area contributed by atoms with Crippen LogP contribution in [0.3, 0.4) is 0 Å². The van der Waals surface area contributed by atoms with E-state index in [1.54, 1.807) is 12.1 Å². The molecule has 6 heteroatoms. The van der Waals surface area contributed by atoms with Crippen molar-refractivity contribution in [3.05, 3.63) is 29.3 Å². The van der Waals surface area contributed by atoms with Crippen LogP contribution in [0.15, 0.2) is 18.2 Å². The van der Waals surface area contributed by atoms with Gasteiger partial charge in [-0.15, -0.1) is 0 Å². The van der Waals surface area contributed by atoms with Crippen LogP contribution < -0.4 is 10.1 Å². The predicted octanol–water partition coefficient (Wildman–Crippen LogP) is 2.86. The molecule has 0 heterocycles. The Morgan fingerprint density at radius 2 is 1.91 bits per heavy atom. The lowest BCUT2D eigenvalue weighted by atomic mass is 10.1. The smallest absolute Gasteiger partial charge is 0.407 e. The first-order valence-corrected chi connectivity index (χ1v) is 7.51. The molecule has 1 aromatic rings. The van der Waals surface area contributed by atoms with E-state index in [1.165, 1.54) is 14.2 Å². The topological polar surface area (TPSA) is 73.9 Å². The van der Waals surface area contributed by atoms with Crippen molar-refractivity contribution in [3.8, 4) is 5.75 Å². The third-order valence-electron chi connectivity index (χ3n) is 3.55. The number of ether oxygens (including phenoxy) is 3. The summed E-state index contributed by atoms with van der Waals surface area (Å²) >= 11 is 0. The van der Waals surface area contributed by atoms with Crippen molar-refractivity contribution in [1.82, 2.24) is 5.32 Å². The van der Waals surface area contributed by atoms with Gasteiger partial charge < -0.3 is 19.5 Å². The van der Waals surface area contributed by atoms with Crippen molar-refractivity contribution in [2.45, 2.75) is 44.8 Å². The SMILES string of the molecule is COC(=O)c1cc(C2CC2NC(=O)OC(C)(C)C)ccc1OC. The number of nitrogens with one attached hydrogen (secondary N) is 1. The van der Waals surface area contributed by atoms with Crippen LogP contribution in [0.2, 0.25) is 0 Å². The molecule has 0 saturated heterocycles. The minimum absolute atomic E-state index is 0.0174. The van der Waals surface area contributed by atoms with Crippen LogP contribution in [0, 0.1) is 0 Å². The van der Waals surface area contributed by atoms with E-state index in [-0.39, 0.29) is 12.0 Å². The molecule has 6 nitrogen and oxygen atoms in total. The van der Waals surface area contributed by atoms with E-state index in [0.29, 0.717) is 11.3 Å². The van der Waals surface area contributed by atoms with Crippen LogP contribution in [-0.4, -0.2) is 37.9 Å². The molecular weight excluding hydrogens is 298 g/mol. The number of alkyl carbamates (subject to hydrolysis) is 1. The summed E-state index contributed by atoms with van der Waals surface area (Å²) in [6.07, 6.45) is 0.387. The maximum atomic E-state index is 11.8. The van der Waals surface area contributed by atoms with E-state index in [2.05, 4.69) is 5.32 Å². The van der Waals surface area contributed by atoms with Gasteiger partial charge in [0.2, 0.25) is 0 Å². The van der Waals surface area contributed by atoms with Crippen molar-refractivity contribution in [1.29, 1.82) is 0 Å². The van der Waals surface area contributed by atoms with Crippen molar-refractivity contribution in [2.75, 3.05) is 14.2 Å². The van der Waals surface area contributed by atoms with Gasteiger partial charge in [0.15, 0.2) is 0 Å². The van der Waals surface area contributed by atoms with Crippen LogP contribution in [0.5, 0.6) is 5.75 Å². The summed E-state index contributed by atoms with van der Waals surface area (Å²) in [7, 11) is 2.84. The van der Waals surface area contributed by atoms with Crippen LogP contribution in [0.4, 0.5) is 4.79 Å². The van der Waals surface area contributed by atoms with Crippen LogP contribution >= 0.6 is 0 Å². The zero-order valence-electron chi connectivity index (χ0n) is 14.1. The average Bonchev–Trinajstić information content (AvgIpc) is 3.22. The van der Waals surface area contributed by atoms with Crippen LogP contribution in [0.25, 0.3) is 0 Å². The Balaban J connectivity index is 2.04. The van der Waals surface area contributed by atoms with Gasteiger partial charge in [0, 0.05) is 12.0 Å². The molecule has 0 radical (unpaired) electrons. The molecule has 2 rings (SSSR count). The fourth-order valence-electron chi connectivity index (χ4n) is 2.41. The first-order chi connectivity index (χ1) is 10.7. The molecule has 1 fully saturated rings. The summed E-state index contributed by atoms with van der Waals surface area (Å²) in [5.74, 6) is 0.190. The standard InChI is InChI=1S/C17H23NO5/c1-17(2,3)23-16(20)18-13-9-11(13)10-6-7-14(21-4)12(8-10)15(19)22-5/h6-8,11,13H,9H2,1-5H3,(H,18,20). The van der Waals surface area contributed by atoms with E-state index in [9.17, 15) is 9.59 Å². The average molecular weight is 321 g/mol. The first-order valence-electron chi connectivity index (χ1n) is 7.51. The fraction of sp³-hybridized carbons (Fsp3) is 0.529. The van der Waals surface area contributed by atoms with Gasteiger partial charge in [0.25, 0.3) is 0 Å². The highest BCUT2D eigenvalue weighted by Crippen LogP contribution is 2.42. The van der Waals surface area contributed by atoms with Gasteiger partial charge in [-0.1, -0.05) is 6.07 Å². The van der Waals surface area contributed by atoms with Gasteiger partial charge in [-0.05, 0) is 44.9 Å². The van der Waals surface area contributed by atoms with E-state index >= 15 is 0 Å². The minimum Gasteiger partial charge on any atom is -0.496 e. The summed E-state index contributed by atoms with van der Waals surface area (Å²) in [5.41, 5.74) is 0.829. The zero-order chi connectivity index (χ0) is 17.2. The number of carbonyl (C=O) groups is 2. The molecular formula is C17H23NO5. The lowest BCUT2D eigenvalue weighted by Crippen LogP contribution is -2.34. The zero-order valence-corrected chi connectivity index (χ0v) is 14.1. The summed E-state index contributed by atoms with van der Waals surface area (Å²) in [6.45, 7) is 5.47. The molecule has 2 unspecified atom stereocenters. The molecule has 0 aliphatic heterocycles. The number of amides is 1. The second-order valence-electron chi connectivity index (χ2n) is 6.55. The Bertz CT molecular complexity index is 605. The Morgan fingerprint density at radius 1 is 1.22 bits per heavy atom. The second-order valence-corrected chi connectivity index (χ2v) is 6.55. The van der Waals surface area contributed by atoms with Gasteiger partial charge in [0.1, 0.15) is 16.9 Å². The Labute approximate surface area is 136 Å². The molecule has 126 valence electrons. The molecule has 1 N–H and O–H groups in total. The highest BCUT2D eigenvalue weighted by Gasteiger charge is 2.40. The van der Waals surface area contributed by atoms with Crippen molar-refractivity contribution in [3.63, 3.8) is 0 Å². The van der Waals surface area contributed by atoms with E-state index < -0.39 is 17.7 Å². The summed E-state index contributed by atoms with van der Waals surface area (Å²) in [6, 6.07) is 5.41. The van der Waals surface area contributed by atoms with Crippen molar-refractivity contribution >= 4 is 12.1 Å². The number of rotatable bonds is 4. The van der Waals surface area contributed by atoms with Gasteiger partial charge in [0.05, 0.1) is 14.2 Å². The number of methoxy groups -OCH3 is 2. The third-order valence-corrected chi connectivity index (χ3v) is 3.55. The monoisotopic (exact) mass is 321 g/mol. The van der Waals surface area contributed by atoms with Crippen LogP contribution in [0.1, 0.15) is 49.0 Å². The van der Waals surface area contributed by atoms with Crippen LogP contribution in [-0.2, 0) is 9.47 Å². The molecule has 2 atom stereocenters. The van der Waals surface area contributed by atoms with Crippen molar-refractivity contribution < 1.29 is 23.8 Å². The number of hydrogen-bond donors (Lipinski definition) is 1. The summed E-state index contributed by atoms with van der Waals surface area (Å²) in [4.78, 5) is 23.6. The van der Waals surface area contributed by atoms with Crippen molar-refractivity contribution in [2.24, 2.45) is 0 Å². The minimum atomic E-state index is -0.521. The Kier molecular flexibility index (Phi) is 4.82. The normalized spacial score (nSPS) is 19.7. The largest absolute Gasteiger partial charge is 0.496 e. The number of benzene rings is 1. The molecule has 23 heavy (non-hydrogen) atoms. The number of esters is 1. The maximum absolute atomic E-state index is 11.8. The van der Waals surface area contributed by atoms with Gasteiger partial charge in [-0.2, -0.15) is 0 Å². The van der Waals surface area contributed by atoms with Gasteiger partial charge in [-0.3, -0.25) is 0 Å². The van der Waals surface area contributed by atoms with Gasteiger partial charge >= 0.3 is 12.1 Å². The highest BCUT2D eigenvalue weighted by molar-refractivity contribution is 5.92. The summed E-state index contributed by atoms with van der Waals surface area (Å²) < 4.78 is 15.2. The number of hydrogen-bond acceptors (Lipinski definition) is 5. The van der Waals surface area contributed by atoms with E-state index in [4.69, 9.17) is 14.2 Å². The molecule has 1 saturated carbocycles. The lowest BCUT2D eigenvalue weighted by molar-refractivity contribution is 0.0521. The predicted molar refractivity (Wildman–Crippen MR) is 84.8 cm³/mol. The van der Waals surface area contributed by atoms with E-state index in [1.807, 2.05) is 26.8 Å². The maximum Gasteiger partial charge on any atom is 0.407 e. The quantitative estimate of drug-likeness (QED) is 0.863. The third kappa shape index (κ3) is 4.37. The first kappa shape index (κ1) is 17.1. The molecule has 1 amide bonds. The Hall–Kier alpha value is -2.24.